The van der Waals surface area contributed by atoms with E-state index in [1.165, 1.54) is 4.68 Å². The monoisotopic (exact) mass is 398 g/mol. The van der Waals surface area contributed by atoms with Gasteiger partial charge >= 0.3 is 0 Å². The molecule has 5 aromatic rings. The van der Waals surface area contributed by atoms with Crippen molar-refractivity contribution in [1.29, 1.82) is 0 Å². The van der Waals surface area contributed by atoms with E-state index in [1.54, 1.807) is 22.7 Å². The Balaban J connectivity index is 1.63. The van der Waals surface area contributed by atoms with Crippen molar-refractivity contribution in [1.82, 2.24) is 14.3 Å². The summed E-state index contributed by atoms with van der Waals surface area (Å²) in [6.07, 6.45) is 0. The topological polar surface area (TPSA) is 127 Å². The first kappa shape index (κ1) is 17.6. The molecule has 2 aromatic heterocycles. The van der Waals surface area contributed by atoms with Crippen LogP contribution in [0.25, 0.3) is 27.9 Å². The average molecular weight is 398 g/mol. The largest absolute Gasteiger partial charge is 0.457 e. The lowest BCUT2D eigenvalue weighted by molar-refractivity contribution is 0.100. The summed E-state index contributed by atoms with van der Waals surface area (Å²) in [5.74, 6) is 7.03. The van der Waals surface area contributed by atoms with Crippen molar-refractivity contribution in [3.8, 4) is 22.8 Å². The fourth-order valence-corrected chi connectivity index (χ4v) is 3.56. The Hall–Kier alpha value is -4.46. The Morgan fingerprint density at radius 3 is 2.30 bits per heavy atom. The van der Waals surface area contributed by atoms with E-state index in [0.29, 0.717) is 39.4 Å². The minimum atomic E-state index is -0.618. The van der Waals surface area contributed by atoms with Crippen molar-refractivity contribution in [3.05, 3.63) is 78.4 Å². The molecule has 0 radical (unpaired) electrons. The molecule has 0 unspecified atom stereocenters. The zero-order valence-electron chi connectivity index (χ0n) is 15.8. The van der Waals surface area contributed by atoms with Gasteiger partial charge in [-0.25, -0.2) is 9.19 Å². The fraction of sp³-hybridized carbons (Fsp3) is 0. The molecule has 0 aliphatic carbocycles. The number of carbonyl (C=O) groups is 1. The molecule has 6 N–H and O–H groups in total. The maximum Gasteiger partial charge on any atom is 0.254 e. The van der Waals surface area contributed by atoms with Crippen molar-refractivity contribution in [2.75, 3.05) is 11.6 Å². The van der Waals surface area contributed by atoms with Gasteiger partial charge in [-0.15, -0.1) is 0 Å². The number of nitrogens with zero attached hydrogens (tertiary/aromatic N) is 3. The van der Waals surface area contributed by atoms with Crippen LogP contribution in [0.4, 0.5) is 5.69 Å². The number of fused-ring (bicyclic) bond motifs is 3. The van der Waals surface area contributed by atoms with Gasteiger partial charge in [0, 0.05) is 11.3 Å². The number of nitrogen functional groups attached to an aromatic ring is 2. The van der Waals surface area contributed by atoms with Crippen LogP contribution in [-0.2, 0) is 0 Å². The van der Waals surface area contributed by atoms with Crippen LogP contribution >= 0.6 is 0 Å². The Labute approximate surface area is 171 Å². The second-order valence-electron chi connectivity index (χ2n) is 6.88. The quantitative estimate of drug-likeness (QED) is 0.317. The number of benzene rings is 3. The zero-order chi connectivity index (χ0) is 20.8. The van der Waals surface area contributed by atoms with Gasteiger partial charge in [0.1, 0.15) is 22.8 Å². The van der Waals surface area contributed by atoms with Crippen LogP contribution in [0.15, 0.2) is 72.8 Å². The number of rotatable bonds is 4. The van der Waals surface area contributed by atoms with Gasteiger partial charge in [-0.05, 0) is 54.6 Å². The van der Waals surface area contributed by atoms with Crippen LogP contribution in [0.3, 0.4) is 0 Å². The maximum atomic E-state index is 12.3. The minimum absolute atomic E-state index is 0.240. The highest BCUT2D eigenvalue weighted by atomic mass is 16.5. The van der Waals surface area contributed by atoms with Crippen molar-refractivity contribution in [3.63, 3.8) is 0 Å². The highest BCUT2D eigenvalue weighted by molar-refractivity contribution is 6.06. The van der Waals surface area contributed by atoms with E-state index in [2.05, 4.69) is 5.10 Å². The van der Waals surface area contributed by atoms with E-state index in [1.807, 2.05) is 54.6 Å². The third kappa shape index (κ3) is 2.70. The molecule has 0 aliphatic heterocycles. The van der Waals surface area contributed by atoms with Crippen molar-refractivity contribution >= 4 is 28.3 Å². The molecule has 2 heterocycles. The third-order valence-corrected chi connectivity index (χ3v) is 4.93. The second kappa shape index (κ2) is 6.56. The predicted molar refractivity (Wildman–Crippen MR) is 116 cm³/mol. The van der Waals surface area contributed by atoms with Gasteiger partial charge < -0.3 is 22.0 Å². The molecule has 8 nitrogen and oxygen atoms in total. The van der Waals surface area contributed by atoms with Crippen molar-refractivity contribution < 1.29 is 9.53 Å². The first-order chi connectivity index (χ1) is 14.5. The summed E-state index contributed by atoms with van der Waals surface area (Å²) in [6, 6.07) is 22.0. The number of anilines is 1. The summed E-state index contributed by atoms with van der Waals surface area (Å²) in [5, 5.41) is 4.63. The van der Waals surface area contributed by atoms with Gasteiger partial charge in [0.05, 0.1) is 11.0 Å². The Kier molecular flexibility index (Phi) is 3.85. The smallest absolute Gasteiger partial charge is 0.254 e. The molecular formula is C22H18N6O2. The summed E-state index contributed by atoms with van der Waals surface area (Å²) < 4.78 is 8.82. The van der Waals surface area contributed by atoms with Crippen molar-refractivity contribution in [2.45, 2.75) is 0 Å². The molecule has 148 valence electrons. The van der Waals surface area contributed by atoms with Crippen LogP contribution in [-0.4, -0.2) is 20.2 Å². The molecule has 0 saturated carbocycles. The molecular weight excluding hydrogens is 380 g/mol. The lowest BCUT2D eigenvalue weighted by atomic mass is 10.1. The number of para-hydroxylation sites is 1. The lowest BCUT2D eigenvalue weighted by Gasteiger charge is -2.06. The summed E-state index contributed by atoms with van der Waals surface area (Å²) in [4.78, 5) is 12.3. The number of ether oxygens (including phenoxy) is 1. The fourth-order valence-electron chi connectivity index (χ4n) is 3.56. The third-order valence-electron chi connectivity index (χ3n) is 4.93. The number of nitrogens with two attached hydrogens (primary N) is 3. The number of primary amides is 1. The van der Waals surface area contributed by atoms with Gasteiger partial charge in [0.15, 0.2) is 5.65 Å². The number of hydrogen-bond acceptors (Lipinski definition) is 5. The number of amides is 1. The van der Waals surface area contributed by atoms with Gasteiger partial charge in [-0.2, -0.15) is 5.10 Å². The molecule has 8 heteroatoms. The van der Waals surface area contributed by atoms with Crippen molar-refractivity contribution in [2.24, 2.45) is 5.73 Å². The van der Waals surface area contributed by atoms with E-state index >= 15 is 0 Å². The van der Waals surface area contributed by atoms with E-state index in [9.17, 15) is 4.79 Å². The maximum absolute atomic E-state index is 12.3. The average Bonchev–Trinajstić information content (AvgIpc) is 3.26. The standard InChI is InChI=1S/C22H18N6O2/c23-14-8-11-17-18(12-14)28-22(27(17)25)19(21(24)29)20(26-28)13-6-9-16(10-7-13)30-15-4-2-1-3-5-15/h1-12H,23,25H2,(H2,24,29). The van der Waals surface area contributed by atoms with Gasteiger partial charge in [-0.3, -0.25) is 4.79 Å². The van der Waals surface area contributed by atoms with E-state index < -0.39 is 5.91 Å². The van der Waals surface area contributed by atoms with E-state index in [-0.39, 0.29) is 5.56 Å². The highest BCUT2D eigenvalue weighted by Crippen LogP contribution is 2.32. The Morgan fingerprint density at radius 2 is 1.60 bits per heavy atom. The molecule has 30 heavy (non-hydrogen) atoms. The molecule has 1 amide bonds. The summed E-state index contributed by atoms with van der Waals surface area (Å²) >= 11 is 0. The zero-order valence-corrected chi connectivity index (χ0v) is 15.8. The molecule has 0 bridgehead atoms. The molecule has 5 rings (SSSR count). The molecule has 0 fully saturated rings. The second-order valence-corrected chi connectivity index (χ2v) is 6.88. The first-order valence-corrected chi connectivity index (χ1v) is 9.24. The van der Waals surface area contributed by atoms with Gasteiger partial charge in [0.25, 0.3) is 5.91 Å². The van der Waals surface area contributed by atoms with E-state index in [0.717, 1.165) is 5.75 Å². The number of carbonyl (C=O) groups excluding carboxylic acids is 1. The Bertz CT molecular complexity index is 1400. The van der Waals surface area contributed by atoms with Gasteiger partial charge in [0.2, 0.25) is 0 Å². The number of aromatic nitrogens is 3. The van der Waals surface area contributed by atoms with Gasteiger partial charge in [-0.1, -0.05) is 18.2 Å². The van der Waals surface area contributed by atoms with Crippen LogP contribution in [0.1, 0.15) is 10.4 Å². The minimum Gasteiger partial charge on any atom is -0.457 e. The van der Waals surface area contributed by atoms with Crippen LogP contribution < -0.4 is 22.0 Å². The lowest BCUT2D eigenvalue weighted by Crippen LogP contribution is -2.16. The van der Waals surface area contributed by atoms with Crippen LogP contribution in [0, 0.1) is 0 Å². The molecule has 0 saturated heterocycles. The van der Waals surface area contributed by atoms with E-state index in [4.69, 9.17) is 22.0 Å². The predicted octanol–water partition coefficient (Wildman–Crippen LogP) is 3.14. The normalized spacial score (nSPS) is 11.2. The Morgan fingerprint density at radius 1 is 0.900 bits per heavy atom. The highest BCUT2D eigenvalue weighted by Gasteiger charge is 2.24. The van der Waals surface area contributed by atoms with Crippen LogP contribution in [0.2, 0.25) is 0 Å². The summed E-state index contributed by atoms with van der Waals surface area (Å²) in [7, 11) is 0. The summed E-state index contributed by atoms with van der Waals surface area (Å²) in [6.45, 7) is 0. The first-order valence-electron chi connectivity index (χ1n) is 9.24. The number of hydrogen-bond donors (Lipinski definition) is 3. The molecule has 0 aliphatic rings. The molecule has 0 atom stereocenters. The number of imidazole rings is 1. The molecule has 0 spiro atoms. The molecule has 3 aromatic carbocycles. The summed E-state index contributed by atoms with van der Waals surface area (Å²) in [5.41, 5.74) is 15.4. The SMILES string of the molecule is NC(=O)c1c(-c2ccc(Oc3ccccc3)cc2)nn2c3cc(N)ccc3n(N)c12. The van der Waals surface area contributed by atoms with Crippen LogP contribution in [0.5, 0.6) is 11.5 Å².